The highest BCUT2D eigenvalue weighted by molar-refractivity contribution is 5.91. The van der Waals surface area contributed by atoms with Gasteiger partial charge in [0.1, 0.15) is 18.1 Å². The summed E-state index contributed by atoms with van der Waals surface area (Å²) in [5.41, 5.74) is 2.51. The minimum atomic E-state index is -0.374. The molecular formula is C24H23NO3. The van der Waals surface area contributed by atoms with Crippen LogP contribution in [0, 0.1) is 0 Å². The maximum absolute atomic E-state index is 12.5. The highest BCUT2D eigenvalue weighted by atomic mass is 16.5. The highest BCUT2D eigenvalue weighted by Gasteiger charge is 2.40. The van der Waals surface area contributed by atoms with E-state index in [1.165, 1.54) is 0 Å². The number of para-hydroxylation sites is 1. The summed E-state index contributed by atoms with van der Waals surface area (Å²) in [5, 5.41) is 0. The fourth-order valence-corrected chi connectivity index (χ4v) is 3.58. The molecule has 4 nitrogen and oxygen atoms in total. The molecule has 0 spiro atoms. The Morgan fingerprint density at radius 1 is 0.893 bits per heavy atom. The SMILES string of the molecule is C[C@H]1[C@@H](c2ccccc2)O[C@@H](c2ccccc2OC(=O)c2ccccc2)N1C. The van der Waals surface area contributed by atoms with E-state index in [2.05, 4.69) is 24.0 Å². The molecule has 0 radical (unpaired) electrons. The largest absolute Gasteiger partial charge is 0.422 e. The Labute approximate surface area is 165 Å². The van der Waals surface area contributed by atoms with Gasteiger partial charge in [0.2, 0.25) is 0 Å². The normalized spacial score (nSPS) is 22.1. The molecule has 3 atom stereocenters. The van der Waals surface area contributed by atoms with Crippen LogP contribution in [0.25, 0.3) is 0 Å². The summed E-state index contributed by atoms with van der Waals surface area (Å²) in [6, 6.07) is 27.0. The Hall–Kier alpha value is -2.95. The van der Waals surface area contributed by atoms with Gasteiger partial charge in [-0.1, -0.05) is 66.7 Å². The Bertz CT molecular complexity index is 942. The number of rotatable bonds is 4. The predicted molar refractivity (Wildman–Crippen MR) is 108 cm³/mol. The molecular weight excluding hydrogens is 350 g/mol. The Balaban J connectivity index is 1.60. The molecule has 3 aromatic carbocycles. The second-order valence-electron chi connectivity index (χ2n) is 7.02. The van der Waals surface area contributed by atoms with Crippen molar-refractivity contribution in [2.75, 3.05) is 7.05 Å². The topological polar surface area (TPSA) is 38.8 Å². The number of carbonyl (C=O) groups excluding carboxylic acids is 1. The lowest BCUT2D eigenvalue weighted by Crippen LogP contribution is -2.27. The monoisotopic (exact) mass is 373 g/mol. The number of benzene rings is 3. The number of carbonyl (C=O) groups is 1. The maximum atomic E-state index is 12.5. The highest BCUT2D eigenvalue weighted by Crippen LogP contribution is 2.43. The number of esters is 1. The van der Waals surface area contributed by atoms with E-state index >= 15 is 0 Å². The van der Waals surface area contributed by atoms with Gasteiger partial charge >= 0.3 is 5.97 Å². The first-order valence-electron chi connectivity index (χ1n) is 9.43. The van der Waals surface area contributed by atoms with E-state index in [9.17, 15) is 4.79 Å². The van der Waals surface area contributed by atoms with E-state index in [4.69, 9.17) is 9.47 Å². The first-order valence-corrected chi connectivity index (χ1v) is 9.43. The molecule has 0 amide bonds. The predicted octanol–water partition coefficient (Wildman–Crippen LogP) is 5.00. The molecule has 1 saturated heterocycles. The lowest BCUT2D eigenvalue weighted by atomic mass is 10.0. The third kappa shape index (κ3) is 3.57. The van der Waals surface area contributed by atoms with Crippen LogP contribution >= 0.6 is 0 Å². The van der Waals surface area contributed by atoms with Gasteiger partial charge in [-0.3, -0.25) is 4.90 Å². The van der Waals surface area contributed by atoms with E-state index in [0.29, 0.717) is 11.3 Å². The Morgan fingerprint density at radius 2 is 1.50 bits per heavy atom. The van der Waals surface area contributed by atoms with Crippen molar-refractivity contribution in [1.82, 2.24) is 4.90 Å². The number of hydrogen-bond donors (Lipinski definition) is 0. The van der Waals surface area contributed by atoms with Gasteiger partial charge in [0, 0.05) is 11.6 Å². The molecule has 1 aliphatic heterocycles. The first-order chi connectivity index (χ1) is 13.6. The van der Waals surface area contributed by atoms with Gasteiger partial charge in [0.05, 0.1) is 5.56 Å². The number of ether oxygens (including phenoxy) is 2. The first kappa shape index (κ1) is 18.4. The number of nitrogens with zero attached hydrogens (tertiary/aromatic N) is 1. The molecule has 28 heavy (non-hydrogen) atoms. The molecule has 4 rings (SSSR count). The Morgan fingerprint density at radius 3 is 2.21 bits per heavy atom. The molecule has 0 unspecified atom stereocenters. The van der Waals surface area contributed by atoms with Crippen LogP contribution in [0.2, 0.25) is 0 Å². The molecule has 0 aliphatic carbocycles. The molecule has 1 heterocycles. The second kappa shape index (κ2) is 7.97. The smallest absolute Gasteiger partial charge is 0.343 e. The molecule has 1 aliphatic rings. The molecule has 0 aromatic heterocycles. The van der Waals surface area contributed by atoms with Crippen molar-refractivity contribution < 1.29 is 14.3 Å². The van der Waals surface area contributed by atoms with Crippen LogP contribution in [-0.4, -0.2) is 24.0 Å². The summed E-state index contributed by atoms with van der Waals surface area (Å²) in [6.07, 6.45) is -0.339. The van der Waals surface area contributed by atoms with Gasteiger partial charge in [-0.25, -0.2) is 4.79 Å². The fraction of sp³-hybridized carbons (Fsp3) is 0.208. The lowest BCUT2D eigenvalue weighted by Gasteiger charge is -2.23. The summed E-state index contributed by atoms with van der Waals surface area (Å²) < 4.78 is 12.1. The van der Waals surface area contributed by atoms with E-state index in [1.54, 1.807) is 12.1 Å². The zero-order valence-electron chi connectivity index (χ0n) is 16.0. The Kier molecular flexibility index (Phi) is 5.24. The van der Waals surface area contributed by atoms with E-state index in [0.717, 1.165) is 11.1 Å². The van der Waals surface area contributed by atoms with Crippen molar-refractivity contribution in [3.05, 3.63) is 102 Å². The van der Waals surface area contributed by atoms with Gasteiger partial charge in [0.15, 0.2) is 0 Å². The maximum Gasteiger partial charge on any atom is 0.343 e. The van der Waals surface area contributed by atoms with Gasteiger partial charge in [-0.2, -0.15) is 0 Å². The average Bonchev–Trinajstić information content (AvgIpc) is 3.04. The standard InChI is InChI=1S/C24H23NO3/c1-17-22(18-11-5-3-6-12-18)28-23(25(17)2)20-15-9-10-16-21(20)27-24(26)19-13-7-4-8-14-19/h3-17,22-23H,1-2H3/t17-,22-,23-/m0/s1. The van der Waals surface area contributed by atoms with Crippen molar-refractivity contribution in [2.24, 2.45) is 0 Å². The van der Waals surface area contributed by atoms with Crippen LogP contribution < -0.4 is 4.74 Å². The minimum Gasteiger partial charge on any atom is -0.422 e. The van der Waals surface area contributed by atoms with Crippen molar-refractivity contribution in [3.8, 4) is 5.75 Å². The van der Waals surface area contributed by atoms with Crippen LogP contribution in [0.4, 0.5) is 0 Å². The molecule has 4 heteroatoms. The van der Waals surface area contributed by atoms with Crippen molar-refractivity contribution in [3.63, 3.8) is 0 Å². The molecule has 3 aromatic rings. The quantitative estimate of drug-likeness (QED) is 0.477. The minimum absolute atomic E-state index is 0.0471. The van der Waals surface area contributed by atoms with E-state index in [1.807, 2.05) is 67.7 Å². The molecule has 142 valence electrons. The van der Waals surface area contributed by atoms with Crippen molar-refractivity contribution >= 4 is 5.97 Å². The number of hydrogen-bond acceptors (Lipinski definition) is 4. The summed E-state index contributed by atoms with van der Waals surface area (Å²) in [4.78, 5) is 14.7. The molecule has 0 N–H and O–H groups in total. The van der Waals surface area contributed by atoms with Crippen LogP contribution in [-0.2, 0) is 4.74 Å². The summed E-state index contributed by atoms with van der Waals surface area (Å²) in [5.74, 6) is 0.149. The van der Waals surface area contributed by atoms with Crippen LogP contribution in [0.15, 0.2) is 84.9 Å². The molecule has 0 bridgehead atoms. The van der Waals surface area contributed by atoms with Crippen LogP contribution in [0.3, 0.4) is 0 Å². The lowest BCUT2D eigenvalue weighted by molar-refractivity contribution is 0.00396. The van der Waals surface area contributed by atoms with Gasteiger partial charge in [-0.15, -0.1) is 0 Å². The van der Waals surface area contributed by atoms with Gasteiger partial charge < -0.3 is 9.47 Å². The molecule has 1 fully saturated rings. The zero-order valence-corrected chi connectivity index (χ0v) is 16.0. The summed E-state index contributed by atoms with van der Waals surface area (Å²) >= 11 is 0. The molecule has 0 saturated carbocycles. The van der Waals surface area contributed by atoms with Gasteiger partial charge in [-0.05, 0) is 37.7 Å². The van der Waals surface area contributed by atoms with Crippen molar-refractivity contribution in [2.45, 2.75) is 25.3 Å². The van der Waals surface area contributed by atoms with Crippen LogP contribution in [0.5, 0.6) is 5.75 Å². The summed E-state index contributed by atoms with van der Waals surface area (Å²) in [6.45, 7) is 2.15. The van der Waals surface area contributed by atoms with Crippen molar-refractivity contribution in [1.29, 1.82) is 0 Å². The number of likely N-dealkylation sites (N-methyl/N-ethyl adjacent to an activating group) is 1. The van der Waals surface area contributed by atoms with Crippen LogP contribution in [0.1, 0.15) is 40.7 Å². The van der Waals surface area contributed by atoms with Gasteiger partial charge in [0.25, 0.3) is 0 Å². The third-order valence-corrected chi connectivity index (χ3v) is 5.25. The third-order valence-electron chi connectivity index (χ3n) is 5.25. The summed E-state index contributed by atoms with van der Waals surface area (Å²) in [7, 11) is 2.04. The fourth-order valence-electron chi connectivity index (χ4n) is 3.58. The zero-order chi connectivity index (χ0) is 19.5. The van der Waals surface area contributed by atoms with E-state index < -0.39 is 0 Å². The van der Waals surface area contributed by atoms with E-state index in [-0.39, 0.29) is 24.3 Å². The second-order valence-corrected chi connectivity index (χ2v) is 7.02. The average molecular weight is 373 g/mol.